The van der Waals surface area contributed by atoms with Crippen LogP contribution in [0.5, 0.6) is 0 Å². The van der Waals surface area contributed by atoms with Gasteiger partial charge in [0.2, 0.25) is 10.0 Å². The molecule has 1 atom stereocenters. The first-order chi connectivity index (χ1) is 11.4. The van der Waals surface area contributed by atoms with Gasteiger partial charge in [-0.3, -0.25) is 4.79 Å². The third-order valence-electron chi connectivity index (χ3n) is 4.45. The van der Waals surface area contributed by atoms with Crippen molar-refractivity contribution in [3.8, 4) is 6.07 Å². The fourth-order valence-corrected chi connectivity index (χ4v) is 4.18. The van der Waals surface area contributed by atoms with Crippen LogP contribution in [-0.4, -0.2) is 38.9 Å². The number of hydrogen-bond acceptors (Lipinski definition) is 4. The maximum absolute atomic E-state index is 12.7. The molecule has 1 aromatic carbocycles. The van der Waals surface area contributed by atoms with Crippen molar-refractivity contribution in [2.75, 3.05) is 19.6 Å². The number of nitriles is 1. The number of likely N-dealkylation sites (tertiary alicyclic amines) is 1. The molecule has 1 amide bonds. The van der Waals surface area contributed by atoms with Crippen molar-refractivity contribution in [1.82, 2.24) is 9.62 Å². The molecule has 7 heteroatoms. The number of nitrogens with zero attached hydrogens (tertiary/aromatic N) is 2. The molecular formula is C17H23N3O3S. The summed E-state index contributed by atoms with van der Waals surface area (Å²) in [5.41, 5.74) is 0.914. The predicted octanol–water partition coefficient (Wildman–Crippen LogP) is 2.06. The maximum Gasteiger partial charge on any atom is 0.253 e. The summed E-state index contributed by atoms with van der Waals surface area (Å²) in [5.74, 6) is 0.374. The number of rotatable bonds is 5. The van der Waals surface area contributed by atoms with Crippen LogP contribution in [0.15, 0.2) is 23.1 Å². The van der Waals surface area contributed by atoms with E-state index in [1.54, 1.807) is 30.0 Å². The van der Waals surface area contributed by atoms with Crippen molar-refractivity contribution < 1.29 is 13.2 Å². The molecule has 0 bridgehead atoms. The zero-order valence-electron chi connectivity index (χ0n) is 14.1. The number of aryl methyl sites for hydroxylation is 1. The van der Waals surface area contributed by atoms with Gasteiger partial charge in [-0.15, -0.1) is 0 Å². The lowest BCUT2D eigenvalue weighted by Crippen LogP contribution is -2.39. The highest BCUT2D eigenvalue weighted by Crippen LogP contribution is 2.23. The van der Waals surface area contributed by atoms with E-state index in [0.717, 1.165) is 25.8 Å². The van der Waals surface area contributed by atoms with Gasteiger partial charge < -0.3 is 4.90 Å². The lowest BCUT2D eigenvalue weighted by atomic mass is 9.95. The van der Waals surface area contributed by atoms with E-state index in [1.165, 1.54) is 6.07 Å². The second-order valence-electron chi connectivity index (χ2n) is 6.13. The summed E-state index contributed by atoms with van der Waals surface area (Å²) in [6.07, 6.45) is 3.15. The fraction of sp³-hybridized carbons (Fsp3) is 0.529. The van der Waals surface area contributed by atoms with Crippen molar-refractivity contribution in [1.29, 1.82) is 5.26 Å². The number of carbonyl (C=O) groups is 1. The molecule has 0 spiro atoms. The quantitative estimate of drug-likeness (QED) is 0.824. The maximum atomic E-state index is 12.7. The SMILES string of the molecule is CC[C@@H]1CCCN(C(=O)c2ccc(C)c(S(=O)(=O)NCC#N)c2)C1. The van der Waals surface area contributed by atoms with Gasteiger partial charge in [0, 0.05) is 18.7 Å². The van der Waals surface area contributed by atoms with E-state index in [0.29, 0.717) is 23.6 Å². The molecule has 0 radical (unpaired) electrons. The Hall–Kier alpha value is -1.91. The summed E-state index contributed by atoms with van der Waals surface area (Å²) < 4.78 is 26.8. The molecule has 130 valence electrons. The minimum Gasteiger partial charge on any atom is -0.338 e. The van der Waals surface area contributed by atoms with Gasteiger partial charge in [-0.2, -0.15) is 9.98 Å². The molecule has 0 aromatic heterocycles. The third-order valence-corrected chi connectivity index (χ3v) is 5.99. The second-order valence-corrected chi connectivity index (χ2v) is 7.87. The molecule has 0 aliphatic carbocycles. The van der Waals surface area contributed by atoms with Crippen molar-refractivity contribution >= 4 is 15.9 Å². The Morgan fingerprint density at radius 3 is 2.88 bits per heavy atom. The molecule has 0 saturated carbocycles. The summed E-state index contributed by atoms with van der Waals surface area (Å²) in [7, 11) is -3.80. The molecule has 6 nitrogen and oxygen atoms in total. The average molecular weight is 349 g/mol. The van der Waals surface area contributed by atoms with Crippen LogP contribution in [0.4, 0.5) is 0 Å². The number of sulfonamides is 1. The summed E-state index contributed by atoms with van der Waals surface area (Å²) in [6, 6.07) is 6.46. The largest absolute Gasteiger partial charge is 0.338 e. The van der Waals surface area contributed by atoms with Crippen molar-refractivity contribution in [2.24, 2.45) is 5.92 Å². The van der Waals surface area contributed by atoms with Crippen LogP contribution in [0, 0.1) is 24.2 Å². The van der Waals surface area contributed by atoms with Gasteiger partial charge in [0.1, 0.15) is 0 Å². The van der Waals surface area contributed by atoms with Crippen LogP contribution >= 0.6 is 0 Å². The van der Waals surface area contributed by atoms with E-state index in [9.17, 15) is 13.2 Å². The molecule has 1 heterocycles. The van der Waals surface area contributed by atoms with Crippen LogP contribution in [0.25, 0.3) is 0 Å². The van der Waals surface area contributed by atoms with Gasteiger partial charge in [-0.1, -0.05) is 19.4 Å². The van der Waals surface area contributed by atoms with Crippen molar-refractivity contribution in [3.63, 3.8) is 0 Å². The van der Waals surface area contributed by atoms with E-state index in [2.05, 4.69) is 11.6 Å². The monoisotopic (exact) mass is 349 g/mol. The average Bonchev–Trinajstić information content (AvgIpc) is 2.59. The van der Waals surface area contributed by atoms with Crippen LogP contribution in [0.1, 0.15) is 42.1 Å². The Morgan fingerprint density at radius 2 is 2.21 bits per heavy atom. The molecule has 24 heavy (non-hydrogen) atoms. The smallest absolute Gasteiger partial charge is 0.253 e. The Balaban J connectivity index is 2.27. The number of carbonyl (C=O) groups excluding carboxylic acids is 1. The molecule has 1 N–H and O–H groups in total. The zero-order valence-corrected chi connectivity index (χ0v) is 14.9. The van der Waals surface area contributed by atoms with Gasteiger partial charge in [0.05, 0.1) is 17.5 Å². The Labute approximate surface area is 143 Å². The fourth-order valence-electron chi connectivity index (χ4n) is 2.99. The number of amides is 1. The highest BCUT2D eigenvalue weighted by atomic mass is 32.2. The highest BCUT2D eigenvalue weighted by molar-refractivity contribution is 7.89. The lowest BCUT2D eigenvalue weighted by molar-refractivity contribution is 0.0671. The van der Waals surface area contributed by atoms with Crippen molar-refractivity contribution in [2.45, 2.75) is 38.0 Å². The normalized spacial score (nSPS) is 18.2. The van der Waals surface area contributed by atoms with E-state index < -0.39 is 10.0 Å². The second kappa shape index (κ2) is 7.77. The predicted molar refractivity (Wildman–Crippen MR) is 90.9 cm³/mol. The molecule has 0 unspecified atom stereocenters. The van der Waals surface area contributed by atoms with Gasteiger partial charge in [-0.25, -0.2) is 8.42 Å². The third kappa shape index (κ3) is 4.13. The topological polar surface area (TPSA) is 90.3 Å². The number of piperidine rings is 1. The Kier molecular flexibility index (Phi) is 5.97. The molecule has 1 aliphatic heterocycles. The van der Waals surface area contributed by atoms with Gasteiger partial charge in [0.15, 0.2) is 0 Å². The Bertz CT molecular complexity index is 753. The first-order valence-corrected chi connectivity index (χ1v) is 9.64. The Morgan fingerprint density at radius 1 is 1.46 bits per heavy atom. The van der Waals surface area contributed by atoms with Crippen LogP contribution < -0.4 is 4.72 Å². The first-order valence-electron chi connectivity index (χ1n) is 8.15. The molecule has 1 aromatic rings. The van der Waals surface area contributed by atoms with Gasteiger partial charge >= 0.3 is 0 Å². The number of benzene rings is 1. The van der Waals surface area contributed by atoms with E-state index in [-0.39, 0.29) is 17.3 Å². The van der Waals surface area contributed by atoms with Crippen LogP contribution in [0.3, 0.4) is 0 Å². The first kappa shape index (κ1) is 18.4. The van der Waals surface area contributed by atoms with Crippen molar-refractivity contribution in [3.05, 3.63) is 29.3 Å². The minimum atomic E-state index is -3.80. The number of hydrogen-bond donors (Lipinski definition) is 1. The summed E-state index contributed by atoms with van der Waals surface area (Å²) in [4.78, 5) is 14.6. The molecule has 1 aliphatic rings. The molecule has 2 rings (SSSR count). The van der Waals surface area contributed by atoms with Gasteiger partial charge in [-0.05, 0) is 43.4 Å². The van der Waals surface area contributed by atoms with E-state index in [1.807, 2.05) is 0 Å². The molecule has 1 saturated heterocycles. The summed E-state index contributed by atoms with van der Waals surface area (Å²) >= 11 is 0. The minimum absolute atomic E-state index is 0.0488. The highest BCUT2D eigenvalue weighted by Gasteiger charge is 2.25. The summed E-state index contributed by atoms with van der Waals surface area (Å²) in [5, 5.41) is 8.57. The summed E-state index contributed by atoms with van der Waals surface area (Å²) in [6.45, 7) is 4.92. The van der Waals surface area contributed by atoms with E-state index >= 15 is 0 Å². The molecular weight excluding hydrogens is 326 g/mol. The van der Waals surface area contributed by atoms with Crippen LogP contribution in [-0.2, 0) is 10.0 Å². The molecule has 1 fully saturated rings. The number of nitrogens with one attached hydrogen (secondary N) is 1. The van der Waals surface area contributed by atoms with Gasteiger partial charge in [0.25, 0.3) is 5.91 Å². The van der Waals surface area contributed by atoms with E-state index in [4.69, 9.17) is 5.26 Å². The lowest BCUT2D eigenvalue weighted by Gasteiger charge is -2.32. The standard InChI is InChI=1S/C17H23N3O3S/c1-3-14-5-4-10-20(12-14)17(21)15-7-6-13(2)16(11-15)24(22,23)19-9-8-18/h6-7,11,14,19H,3-5,9-10,12H2,1-2H3/t14-/m1/s1. The zero-order chi connectivity index (χ0) is 17.7. The van der Waals surface area contributed by atoms with Crippen LogP contribution in [0.2, 0.25) is 0 Å².